The second kappa shape index (κ2) is 12.2. The summed E-state index contributed by atoms with van der Waals surface area (Å²) < 4.78 is 0. The molecule has 4 rings (SSSR count). The zero-order valence-electron chi connectivity index (χ0n) is 17.5. The number of hydrogen-bond donors (Lipinski definition) is 1. The van der Waals surface area contributed by atoms with E-state index >= 15 is 0 Å². The second-order valence-electron chi connectivity index (χ2n) is 7.23. The smallest absolute Gasteiger partial charge is 0.0997 e. The van der Waals surface area contributed by atoms with Gasteiger partial charge in [0.05, 0.1) is 17.9 Å². The van der Waals surface area contributed by atoms with Gasteiger partial charge >= 0.3 is 0 Å². The molecule has 0 unspecified atom stereocenters. The van der Waals surface area contributed by atoms with Crippen LogP contribution in [0.2, 0.25) is 5.02 Å². The molecule has 0 radical (unpaired) electrons. The first-order valence-electron chi connectivity index (χ1n) is 9.90. The lowest BCUT2D eigenvalue weighted by Gasteiger charge is -2.33. The first-order valence-corrected chi connectivity index (χ1v) is 11.1. The summed E-state index contributed by atoms with van der Waals surface area (Å²) in [5.74, 6) is 0. The molecule has 0 saturated heterocycles. The van der Waals surface area contributed by atoms with Crippen LogP contribution in [-0.4, -0.2) is 32.1 Å². The fourth-order valence-electron chi connectivity index (χ4n) is 3.23. The average Bonchev–Trinajstić information content (AvgIpc) is 2.74. The number of hydrogen-bond acceptors (Lipinski definition) is 3. The van der Waals surface area contributed by atoms with Gasteiger partial charge in [-0.3, -0.25) is 0 Å². The van der Waals surface area contributed by atoms with Crippen molar-refractivity contribution < 1.29 is 18.1 Å². The van der Waals surface area contributed by atoms with Gasteiger partial charge in [0.15, 0.2) is 0 Å². The Labute approximate surface area is 195 Å². The standard InChI is InChI=1S/C17H19ClN2S.C7H9N.ClH/c1-19(2)10-5-11-20-14-6-3-4-7-16(14)21-17-9-8-13(18)12-15(17)20;8-6-7-4-2-1-3-5-7;/h3-4,6-9,12H,5,10-11H2,1-2H3;1-5H,6,8H2;1H. The summed E-state index contributed by atoms with van der Waals surface area (Å²) in [7, 11) is 4.23. The van der Waals surface area contributed by atoms with Crippen molar-refractivity contribution in [2.24, 2.45) is 0 Å². The maximum Gasteiger partial charge on any atom is 0.0997 e. The number of nitrogens with zero attached hydrogens (tertiary/aromatic N) is 2. The van der Waals surface area contributed by atoms with E-state index < -0.39 is 0 Å². The second-order valence-corrected chi connectivity index (χ2v) is 8.75. The molecule has 0 amide bonds. The van der Waals surface area contributed by atoms with Crippen molar-refractivity contribution in [1.82, 2.24) is 4.90 Å². The number of benzene rings is 3. The van der Waals surface area contributed by atoms with Crippen LogP contribution in [0.3, 0.4) is 0 Å². The van der Waals surface area contributed by atoms with Crippen LogP contribution in [0.15, 0.2) is 82.6 Å². The molecule has 0 bridgehead atoms. The molecule has 3 aromatic carbocycles. The average molecular weight is 462 g/mol. The molecule has 0 aliphatic carbocycles. The number of rotatable bonds is 5. The van der Waals surface area contributed by atoms with Gasteiger partial charge < -0.3 is 27.9 Å². The van der Waals surface area contributed by atoms with Crippen LogP contribution in [0.1, 0.15) is 12.0 Å². The quantitative estimate of drug-likeness (QED) is 0.632. The third-order valence-electron chi connectivity index (χ3n) is 4.71. The van der Waals surface area contributed by atoms with Crippen LogP contribution in [0.5, 0.6) is 0 Å². The van der Waals surface area contributed by atoms with E-state index in [1.165, 1.54) is 26.7 Å². The normalized spacial score (nSPS) is 11.7. The van der Waals surface area contributed by atoms with Gasteiger partial charge in [0.25, 0.3) is 0 Å². The van der Waals surface area contributed by atoms with E-state index in [2.05, 4.69) is 78.2 Å². The van der Waals surface area contributed by atoms with Crippen molar-refractivity contribution in [3.05, 3.63) is 83.4 Å². The molecule has 0 spiro atoms. The van der Waals surface area contributed by atoms with Crippen LogP contribution in [0.25, 0.3) is 0 Å². The molecule has 1 aliphatic rings. The monoisotopic (exact) mass is 461 g/mol. The van der Waals surface area contributed by atoms with E-state index in [4.69, 9.17) is 11.6 Å². The number of para-hydroxylation sites is 1. The SMILES string of the molecule is CN(C)CCCN1c2ccccc2Sc2ccc(Cl)cc21.[Cl-].[NH3+]Cc1ccccc1. The molecule has 0 atom stereocenters. The summed E-state index contributed by atoms with van der Waals surface area (Å²) in [6, 6.07) is 25.0. The Kier molecular flexibility index (Phi) is 10.0. The van der Waals surface area contributed by atoms with E-state index in [9.17, 15) is 0 Å². The minimum atomic E-state index is 0. The van der Waals surface area contributed by atoms with Crippen LogP contribution >= 0.6 is 23.4 Å². The van der Waals surface area contributed by atoms with Gasteiger partial charge in [-0.05, 0) is 57.4 Å². The van der Waals surface area contributed by atoms with Crippen molar-refractivity contribution in [2.75, 3.05) is 32.1 Å². The highest BCUT2D eigenvalue weighted by Crippen LogP contribution is 2.48. The lowest BCUT2D eigenvalue weighted by atomic mass is 10.2. The lowest BCUT2D eigenvalue weighted by molar-refractivity contribution is -0.386. The predicted molar refractivity (Wildman–Crippen MR) is 125 cm³/mol. The Morgan fingerprint density at radius 2 is 1.57 bits per heavy atom. The topological polar surface area (TPSA) is 34.1 Å². The minimum Gasteiger partial charge on any atom is -1.00 e. The highest BCUT2D eigenvalue weighted by Gasteiger charge is 2.22. The Bertz CT molecular complexity index is 919. The molecule has 1 aliphatic heterocycles. The Hall–Kier alpha value is -1.69. The summed E-state index contributed by atoms with van der Waals surface area (Å²) in [5, 5.41) is 0.798. The van der Waals surface area contributed by atoms with Gasteiger partial charge in [0, 0.05) is 26.9 Å². The molecular weight excluding hydrogens is 433 g/mol. The molecular formula is C24H29Cl2N3S. The molecule has 6 heteroatoms. The van der Waals surface area contributed by atoms with E-state index in [1.807, 2.05) is 36.0 Å². The van der Waals surface area contributed by atoms with E-state index in [1.54, 1.807) is 0 Å². The van der Waals surface area contributed by atoms with Crippen LogP contribution in [0.4, 0.5) is 11.4 Å². The molecule has 0 aromatic heterocycles. The van der Waals surface area contributed by atoms with Gasteiger partial charge in [-0.1, -0.05) is 65.8 Å². The van der Waals surface area contributed by atoms with Crippen molar-refractivity contribution in [3.63, 3.8) is 0 Å². The highest BCUT2D eigenvalue weighted by molar-refractivity contribution is 7.99. The summed E-state index contributed by atoms with van der Waals surface area (Å²) in [4.78, 5) is 7.22. The Balaban J connectivity index is 0.000000302. The maximum absolute atomic E-state index is 6.21. The predicted octanol–water partition coefficient (Wildman–Crippen LogP) is 2.33. The third kappa shape index (κ3) is 6.66. The minimum absolute atomic E-state index is 0. The fourth-order valence-corrected chi connectivity index (χ4v) is 4.48. The lowest BCUT2D eigenvalue weighted by Crippen LogP contribution is -3.00. The zero-order valence-corrected chi connectivity index (χ0v) is 19.9. The summed E-state index contributed by atoms with van der Waals surface area (Å²) in [5.41, 5.74) is 7.57. The maximum atomic E-state index is 6.21. The zero-order chi connectivity index (χ0) is 20.6. The molecule has 3 aromatic rings. The number of quaternary nitrogens is 1. The summed E-state index contributed by atoms with van der Waals surface area (Å²) in [6.45, 7) is 2.98. The molecule has 3 nitrogen and oxygen atoms in total. The van der Waals surface area contributed by atoms with Crippen molar-refractivity contribution >= 4 is 34.7 Å². The molecule has 30 heavy (non-hydrogen) atoms. The van der Waals surface area contributed by atoms with Crippen LogP contribution in [-0.2, 0) is 6.54 Å². The Morgan fingerprint density at radius 3 is 2.23 bits per heavy atom. The van der Waals surface area contributed by atoms with Crippen LogP contribution < -0.4 is 23.0 Å². The first-order chi connectivity index (χ1) is 14.1. The third-order valence-corrected chi connectivity index (χ3v) is 6.07. The molecule has 160 valence electrons. The van der Waals surface area contributed by atoms with Crippen molar-refractivity contribution in [3.8, 4) is 0 Å². The number of anilines is 2. The van der Waals surface area contributed by atoms with E-state index in [0.29, 0.717) is 0 Å². The molecule has 0 saturated carbocycles. The molecule has 1 heterocycles. The number of halogens is 2. The van der Waals surface area contributed by atoms with Gasteiger partial charge in [-0.15, -0.1) is 0 Å². The summed E-state index contributed by atoms with van der Waals surface area (Å²) >= 11 is 8.03. The molecule has 3 N–H and O–H groups in total. The number of fused-ring (bicyclic) bond motifs is 2. The van der Waals surface area contributed by atoms with Gasteiger partial charge in [0.1, 0.15) is 0 Å². The Morgan fingerprint density at radius 1 is 0.900 bits per heavy atom. The highest BCUT2D eigenvalue weighted by atomic mass is 35.5. The van der Waals surface area contributed by atoms with Crippen molar-refractivity contribution in [1.29, 1.82) is 0 Å². The summed E-state index contributed by atoms with van der Waals surface area (Å²) in [6.07, 6.45) is 1.12. The van der Waals surface area contributed by atoms with Crippen LogP contribution in [0, 0.1) is 0 Å². The van der Waals surface area contributed by atoms with E-state index in [0.717, 1.165) is 31.1 Å². The first kappa shape index (κ1) is 24.6. The van der Waals surface area contributed by atoms with E-state index in [-0.39, 0.29) is 12.4 Å². The van der Waals surface area contributed by atoms with Gasteiger partial charge in [-0.25, -0.2) is 0 Å². The fraction of sp³-hybridized carbons (Fsp3) is 0.250. The van der Waals surface area contributed by atoms with Gasteiger partial charge in [-0.2, -0.15) is 0 Å². The molecule has 0 fully saturated rings. The van der Waals surface area contributed by atoms with Crippen molar-refractivity contribution in [2.45, 2.75) is 22.8 Å². The van der Waals surface area contributed by atoms with Gasteiger partial charge in [0.2, 0.25) is 0 Å². The largest absolute Gasteiger partial charge is 1.00 e.